The van der Waals surface area contributed by atoms with Crippen LogP contribution in [0.4, 0.5) is 0 Å². The Bertz CT molecular complexity index is 7110. The van der Waals surface area contributed by atoms with Crippen LogP contribution in [0.5, 0.6) is 0 Å². The van der Waals surface area contributed by atoms with E-state index in [1.165, 1.54) is 209 Å². The monoisotopic (exact) mass is 1450 g/mol. The Morgan fingerprint density at radius 2 is 0.658 bits per heavy atom. The minimum atomic E-state index is 0.171. The van der Waals surface area contributed by atoms with E-state index in [1.807, 2.05) is 0 Å². The number of hydrogen-bond acceptors (Lipinski definition) is 0. The van der Waals surface area contributed by atoms with Gasteiger partial charge in [0, 0.05) is 11.8 Å². The van der Waals surface area contributed by atoms with Crippen molar-refractivity contribution in [1.82, 2.24) is 0 Å². The van der Waals surface area contributed by atoms with Crippen LogP contribution >= 0.6 is 0 Å². The second-order valence-electron chi connectivity index (χ2n) is 31.0. The van der Waals surface area contributed by atoms with Crippen molar-refractivity contribution in [3.05, 3.63) is 455 Å². The van der Waals surface area contributed by atoms with Crippen LogP contribution in [0.25, 0.3) is 178 Å². The molecule has 0 saturated heterocycles. The van der Waals surface area contributed by atoms with Gasteiger partial charge in [-0.15, -0.1) is 0 Å². The Balaban J connectivity index is 0.626. The third kappa shape index (κ3) is 12.5. The first-order chi connectivity index (χ1) is 56.5. The van der Waals surface area contributed by atoms with Crippen LogP contribution in [0.1, 0.15) is 64.6 Å². The van der Waals surface area contributed by atoms with Gasteiger partial charge in [-0.25, -0.2) is 0 Å². The zero-order valence-electron chi connectivity index (χ0n) is 63.4. The van der Waals surface area contributed by atoms with Gasteiger partial charge in [-0.3, -0.25) is 0 Å². The van der Waals surface area contributed by atoms with Crippen molar-refractivity contribution in [1.29, 1.82) is 0 Å². The SMILES string of the molecule is C1=CCCC(c2ccc(C=Cc3ccc(C4=c5ccccc5=C(C5=CC=C(c6cc(-c7ccccc7)cc(-c7cccc(-c8ccc9c(-c%10c%11ccccc%11c(-c%11ccc(C=Cc%12ccc(-c%13ccccc%13)cc%12)c%12ccccc%11%12)c%11ccccc%10%11)cc%10ccccc%10c9c8)c7)c6)CC5)C5C=CC=CC45)c4ccccc34)cc2)=C1. The molecule has 0 nitrogen and oxygen atoms in total. The molecule has 2 atom stereocenters. The molecule has 0 fully saturated rings. The zero-order valence-corrected chi connectivity index (χ0v) is 63.4. The predicted octanol–water partition coefficient (Wildman–Crippen LogP) is 29.2. The van der Waals surface area contributed by atoms with Crippen LogP contribution in [-0.4, -0.2) is 0 Å². The topological polar surface area (TPSA) is 0 Å². The highest BCUT2D eigenvalue weighted by atomic mass is 14.4. The highest BCUT2D eigenvalue weighted by Crippen LogP contribution is 2.50. The van der Waals surface area contributed by atoms with Crippen LogP contribution in [0.3, 0.4) is 0 Å². The molecule has 0 amide bonds. The first-order valence-electron chi connectivity index (χ1n) is 40.4. The molecule has 17 aromatic carbocycles. The molecule has 4 aliphatic carbocycles. The van der Waals surface area contributed by atoms with Crippen molar-refractivity contribution >= 4 is 111 Å². The summed E-state index contributed by atoms with van der Waals surface area (Å²) in [4.78, 5) is 0. The van der Waals surface area contributed by atoms with Gasteiger partial charge in [0.15, 0.2) is 0 Å². The molecule has 0 aromatic heterocycles. The third-order valence-electron chi connectivity index (χ3n) is 24.5. The van der Waals surface area contributed by atoms with Crippen molar-refractivity contribution < 1.29 is 0 Å². The van der Waals surface area contributed by atoms with Gasteiger partial charge < -0.3 is 0 Å². The third-order valence-corrected chi connectivity index (χ3v) is 24.5. The molecule has 17 aromatic rings. The molecular formula is C114H80. The van der Waals surface area contributed by atoms with E-state index in [1.54, 1.807) is 0 Å². The Morgan fingerprint density at radius 3 is 1.27 bits per heavy atom. The molecule has 114 heavy (non-hydrogen) atoms. The molecule has 21 rings (SSSR count). The average molecular weight is 1450 g/mol. The van der Waals surface area contributed by atoms with Crippen molar-refractivity contribution in [2.75, 3.05) is 0 Å². The summed E-state index contributed by atoms with van der Waals surface area (Å²) in [5, 5.41) is 17.5. The van der Waals surface area contributed by atoms with Crippen LogP contribution in [-0.2, 0) is 0 Å². The van der Waals surface area contributed by atoms with Gasteiger partial charge in [0.05, 0.1) is 0 Å². The van der Waals surface area contributed by atoms with Gasteiger partial charge in [-0.1, -0.05) is 388 Å². The molecule has 0 heterocycles. The number of allylic oxidation sites excluding steroid dienone is 12. The van der Waals surface area contributed by atoms with Gasteiger partial charge >= 0.3 is 0 Å². The van der Waals surface area contributed by atoms with Crippen molar-refractivity contribution in [2.45, 2.75) is 25.7 Å². The van der Waals surface area contributed by atoms with Crippen LogP contribution in [0, 0.1) is 11.8 Å². The van der Waals surface area contributed by atoms with E-state index in [0.29, 0.717) is 0 Å². The molecule has 0 heteroatoms. The molecule has 0 saturated carbocycles. The molecule has 536 valence electrons. The van der Waals surface area contributed by atoms with E-state index >= 15 is 0 Å². The molecule has 0 spiro atoms. The molecule has 0 radical (unpaired) electrons. The van der Waals surface area contributed by atoms with E-state index in [-0.39, 0.29) is 11.8 Å². The highest BCUT2D eigenvalue weighted by molar-refractivity contribution is 6.27. The molecule has 0 N–H and O–H groups in total. The maximum Gasteiger partial charge on any atom is 0.0137 e. The van der Waals surface area contributed by atoms with Gasteiger partial charge in [0.1, 0.15) is 0 Å². The number of hydrogen-bond donors (Lipinski definition) is 0. The Morgan fingerprint density at radius 1 is 0.228 bits per heavy atom. The van der Waals surface area contributed by atoms with E-state index in [9.17, 15) is 0 Å². The van der Waals surface area contributed by atoms with Crippen molar-refractivity contribution in [2.24, 2.45) is 11.8 Å². The molecular weight excluding hydrogens is 1370 g/mol. The van der Waals surface area contributed by atoms with E-state index in [0.717, 1.165) is 25.7 Å². The zero-order chi connectivity index (χ0) is 75.4. The minimum absolute atomic E-state index is 0.171. The van der Waals surface area contributed by atoms with E-state index in [4.69, 9.17) is 0 Å². The van der Waals surface area contributed by atoms with Crippen LogP contribution in [0.2, 0.25) is 0 Å². The fourth-order valence-corrected chi connectivity index (χ4v) is 19.0. The smallest absolute Gasteiger partial charge is 0.0137 e. The molecule has 2 unspecified atom stereocenters. The summed E-state index contributed by atoms with van der Waals surface area (Å²) >= 11 is 0. The second-order valence-corrected chi connectivity index (χ2v) is 31.0. The fraction of sp³-hybridized carbons (Fsp3) is 0.0526. The molecule has 4 aliphatic rings. The quantitative estimate of drug-likeness (QED) is 0.0578. The second kappa shape index (κ2) is 29.3. The summed E-state index contributed by atoms with van der Waals surface area (Å²) < 4.78 is 0. The number of rotatable bonds is 14. The fourth-order valence-electron chi connectivity index (χ4n) is 19.0. The summed E-state index contributed by atoms with van der Waals surface area (Å²) in [6.07, 6.45) is 34.3. The summed E-state index contributed by atoms with van der Waals surface area (Å²) in [5.41, 5.74) is 30.3. The maximum absolute atomic E-state index is 2.47. The molecule has 0 bridgehead atoms. The highest BCUT2D eigenvalue weighted by Gasteiger charge is 2.34. The van der Waals surface area contributed by atoms with E-state index < -0.39 is 0 Å². The van der Waals surface area contributed by atoms with E-state index in [2.05, 4.69) is 425 Å². The normalized spacial score (nSPS) is 15.4. The van der Waals surface area contributed by atoms with Gasteiger partial charge in [0.25, 0.3) is 0 Å². The summed E-state index contributed by atoms with van der Waals surface area (Å²) in [7, 11) is 0. The number of fused-ring (bicyclic) bond motifs is 9. The standard InChI is InChI=1S/C114H80/c1-4-25-77(26-5-1)80-53-47-75(48-54-80)51-57-83-63-67-107(96-37-14-12-34-93(83)96)112-101-41-18-16-39-99(101)111(100-40-17-19-42-102(100)112)85-61-59-82(60-62-85)91-70-90(79-29-8-3-9-30-79)71-92(72-91)87-33-24-32-86(69-87)88-65-66-98-109(73-88)95-36-11-10-31-89(95)74-110(98)114-105-45-22-20-43-103(105)113(104-44-21-23-46-106(104)114)108-68-64-84(94-35-13-15-38-97(94)108)58-52-76-49-55-81(56-50-76)78-27-6-2-7-28-78/h1-4,6-25,27-59,61,63-74,99,101H,5,26,60,62H2. The van der Waals surface area contributed by atoms with Crippen molar-refractivity contribution in [3.8, 4) is 66.8 Å². The van der Waals surface area contributed by atoms with Gasteiger partial charge in [-0.2, -0.15) is 0 Å². The minimum Gasteiger partial charge on any atom is -0.0842 e. The Kier molecular flexibility index (Phi) is 17.5. The summed E-state index contributed by atoms with van der Waals surface area (Å²) in [5.74, 6) is 0.359. The lowest BCUT2D eigenvalue weighted by Gasteiger charge is -2.35. The molecule has 0 aliphatic heterocycles. The lowest BCUT2D eigenvalue weighted by atomic mass is 9.68. The predicted molar refractivity (Wildman–Crippen MR) is 490 cm³/mol. The van der Waals surface area contributed by atoms with Gasteiger partial charge in [-0.05, 0) is 271 Å². The first-order valence-corrected chi connectivity index (χ1v) is 40.4. The van der Waals surface area contributed by atoms with Gasteiger partial charge in [0.2, 0.25) is 0 Å². The Labute approximate surface area is 666 Å². The maximum atomic E-state index is 2.47. The Hall–Kier alpha value is -14.0. The van der Waals surface area contributed by atoms with Crippen molar-refractivity contribution in [3.63, 3.8) is 0 Å². The lowest BCUT2D eigenvalue weighted by Crippen LogP contribution is -2.40. The lowest BCUT2D eigenvalue weighted by molar-refractivity contribution is 0.680. The van der Waals surface area contributed by atoms with Crippen LogP contribution < -0.4 is 10.4 Å². The van der Waals surface area contributed by atoms with Crippen LogP contribution in [0.15, 0.2) is 406 Å². The summed E-state index contributed by atoms with van der Waals surface area (Å²) in [6, 6.07) is 130. The summed E-state index contributed by atoms with van der Waals surface area (Å²) in [6.45, 7) is 0. The largest absolute Gasteiger partial charge is 0.0842 e. The first kappa shape index (κ1) is 68.0. The average Bonchev–Trinajstić information content (AvgIpc) is 0.723. The number of benzene rings is 17.